The zero-order valence-electron chi connectivity index (χ0n) is 14.5. The van der Waals surface area contributed by atoms with Crippen LogP contribution in [-0.4, -0.2) is 36.9 Å². The first-order valence-corrected chi connectivity index (χ1v) is 9.51. The van der Waals surface area contributed by atoms with Crippen molar-refractivity contribution >= 4 is 22.9 Å². The van der Waals surface area contributed by atoms with Crippen LogP contribution in [0.4, 0.5) is 0 Å². The molecule has 1 fully saturated rings. The number of fused-ring (bicyclic) bond motifs is 1. The normalized spacial score (nSPS) is 18.0. The second-order valence-corrected chi connectivity index (χ2v) is 7.62. The highest BCUT2D eigenvalue weighted by molar-refractivity contribution is 7.09. The van der Waals surface area contributed by atoms with Crippen molar-refractivity contribution in [1.82, 2.24) is 24.5 Å². The van der Waals surface area contributed by atoms with Gasteiger partial charge in [-0.15, -0.1) is 11.3 Å². The minimum Gasteiger partial charge on any atom is -0.334 e. The summed E-state index contributed by atoms with van der Waals surface area (Å²) >= 11 is 1.59. The van der Waals surface area contributed by atoms with Gasteiger partial charge in [-0.05, 0) is 39.2 Å². The highest BCUT2D eigenvalue weighted by atomic mass is 32.1. The van der Waals surface area contributed by atoms with Gasteiger partial charge in [0.1, 0.15) is 0 Å². The van der Waals surface area contributed by atoms with Gasteiger partial charge >= 0.3 is 0 Å². The van der Waals surface area contributed by atoms with Crippen LogP contribution in [0.15, 0.2) is 23.7 Å². The number of rotatable bonds is 3. The Morgan fingerprint density at radius 1 is 1.32 bits per heavy atom. The van der Waals surface area contributed by atoms with Crippen molar-refractivity contribution in [1.29, 1.82) is 0 Å². The molecular weight excluding hydrogens is 334 g/mol. The van der Waals surface area contributed by atoms with E-state index in [-0.39, 0.29) is 11.9 Å². The summed E-state index contributed by atoms with van der Waals surface area (Å²) in [4.78, 5) is 24.1. The fourth-order valence-corrected chi connectivity index (χ4v) is 4.16. The van der Waals surface area contributed by atoms with Crippen molar-refractivity contribution in [2.75, 3.05) is 6.54 Å². The molecule has 1 saturated heterocycles. The lowest BCUT2D eigenvalue weighted by molar-refractivity contribution is -0.134. The van der Waals surface area contributed by atoms with Gasteiger partial charge in [-0.2, -0.15) is 5.10 Å². The second kappa shape index (κ2) is 6.55. The summed E-state index contributed by atoms with van der Waals surface area (Å²) in [6, 6.07) is 4.01. The maximum Gasteiger partial charge on any atom is 0.229 e. The number of aromatic nitrogens is 4. The third kappa shape index (κ3) is 3.16. The number of carbonyl (C=O) groups is 1. The van der Waals surface area contributed by atoms with Gasteiger partial charge in [-0.1, -0.05) is 0 Å². The molecule has 0 radical (unpaired) electrons. The number of piperidine rings is 1. The smallest absolute Gasteiger partial charge is 0.229 e. The van der Waals surface area contributed by atoms with Gasteiger partial charge in [-0.3, -0.25) is 4.79 Å². The Morgan fingerprint density at radius 3 is 3.00 bits per heavy atom. The molecule has 0 unspecified atom stereocenters. The summed E-state index contributed by atoms with van der Waals surface area (Å²) in [6.45, 7) is 4.78. The highest BCUT2D eigenvalue weighted by Gasteiger charge is 2.29. The molecule has 0 aliphatic carbocycles. The molecule has 0 saturated carbocycles. The summed E-state index contributed by atoms with van der Waals surface area (Å²) < 4.78 is 1.83. The Bertz CT molecular complexity index is 915. The number of aryl methyl sites for hydroxylation is 2. The van der Waals surface area contributed by atoms with E-state index < -0.39 is 0 Å². The molecule has 0 N–H and O–H groups in total. The first-order valence-electron chi connectivity index (χ1n) is 8.63. The number of likely N-dealkylation sites (tertiary alicyclic amines) is 1. The van der Waals surface area contributed by atoms with Gasteiger partial charge < -0.3 is 4.90 Å². The van der Waals surface area contributed by atoms with Crippen LogP contribution in [0.25, 0.3) is 5.65 Å². The number of amides is 1. The molecule has 1 atom stereocenters. The summed E-state index contributed by atoms with van der Waals surface area (Å²) in [5, 5.41) is 7.26. The first kappa shape index (κ1) is 16.2. The molecule has 3 aromatic heterocycles. The lowest BCUT2D eigenvalue weighted by Gasteiger charge is -2.35. The molecular formula is C18H21N5OS. The Kier molecular flexibility index (Phi) is 4.25. The van der Waals surface area contributed by atoms with E-state index in [9.17, 15) is 4.79 Å². The number of nitrogens with zero attached hydrogens (tertiary/aromatic N) is 5. The summed E-state index contributed by atoms with van der Waals surface area (Å²) in [5.41, 5.74) is 3.71. The van der Waals surface area contributed by atoms with Gasteiger partial charge in [0.25, 0.3) is 0 Å². The monoisotopic (exact) mass is 355 g/mol. The lowest BCUT2D eigenvalue weighted by atomic mass is 9.98. The molecule has 0 bridgehead atoms. The third-order valence-electron chi connectivity index (χ3n) is 4.72. The van der Waals surface area contributed by atoms with Gasteiger partial charge in [0.2, 0.25) is 5.91 Å². The number of carbonyl (C=O) groups excluding carboxylic acids is 1. The van der Waals surface area contributed by atoms with Crippen LogP contribution in [0.3, 0.4) is 0 Å². The fraction of sp³-hybridized carbons (Fsp3) is 0.444. The summed E-state index contributed by atoms with van der Waals surface area (Å²) in [5.74, 6) is 0.142. The predicted molar refractivity (Wildman–Crippen MR) is 96.6 cm³/mol. The highest BCUT2D eigenvalue weighted by Crippen LogP contribution is 2.31. The maximum atomic E-state index is 12.9. The zero-order chi connectivity index (χ0) is 17.4. The van der Waals surface area contributed by atoms with Crippen LogP contribution >= 0.6 is 11.3 Å². The zero-order valence-corrected chi connectivity index (χ0v) is 15.3. The van der Waals surface area contributed by atoms with Crippen LogP contribution in [0, 0.1) is 13.8 Å². The lowest BCUT2D eigenvalue weighted by Crippen LogP contribution is -2.39. The molecule has 6 nitrogen and oxygen atoms in total. The second-order valence-electron chi connectivity index (χ2n) is 6.56. The van der Waals surface area contributed by atoms with Gasteiger partial charge in [0.15, 0.2) is 5.65 Å². The van der Waals surface area contributed by atoms with Crippen LogP contribution in [-0.2, 0) is 11.2 Å². The molecule has 25 heavy (non-hydrogen) atoms. The van der Waals surface area contributed by atoms with E-state index in [1.807, 2.05) is 34.7 Å². The average molecular weight is 355 g/mol. The Hall–Kier alpha value is -2.28. The van der Waals surface area contributed by atoms with E-state index in [1.165, 1.54) is 0 Å². The molecule has 1 aliphatic rings. The molecule has 0 aromatic carbocycles. The maximum absolute atomic E-state index is 12.9. The standard InChI is InChI=1S/C18H21N5OS/c1-12-9-15(21-17-6-7-19-23(12)17)16-5-3-4-8-22(16)18(24)10-14-11-25-13(2)20-14/h6-7,9,11,16H,3-5,8,10H2,1-2H3/t16-/m1/s1. The van der Waals surface area contributed by atoms with Gasteiger partial charge in [0, 0.05) is 23.7 Å². The molecule has 4 heterocycles. The first-order chi connectivity index (χ1) is 12.1. The number of hydrogen-bond acceptors (Lipinski definition) is 5. The molecule has 130 valence electrons. The molecule has 7 heteroatoms. The predicted octanol–water partition coefficient (Wildman–Crippen LogP) is 3.10. The van der Waals surface area contributed by atoms with E-state index in [4.69, 9.17) is 4.98 Å². The van der Waals surface area contributed by atoms with Crippen LogP contribution in [0.5, 0.6) is 0 Å². The van der Waals surface area contributed by atoms with Crippen molar-refractivity contribution in [3.05, 3.63) is 45.8 Å². The third-order valence-corrected chi connectivity index (χ3v) is 5.54. The van der Waals surface area contributed by atoms with Gasteiger partial charge in [0.05, 0.1) is 35.1 Å². The van der Waals surface area contributed by atoms with E-state index >= 15 is 0 Å². The largest absolute Gasteiger partial charge is 0.334 e. The quantitative estimate of drug-likeness (QED) is 0.724. The van der Waals surface area contributed by atoms with Gasteiger partial charge in [-0.25, -0.2) is 14.5 Å². The van der Waals surface area contributed by atoms with E-state index in [2.05, 4.69) is 16.1 Å². The van der Waals surface area contributed by atoms with Crippen molar-refractivity contribution in [3.63, 3.8) is 0 Å². The summed E-state index contributed by atoms with van der Waals surface area (Å²) in [7, 11) is 0. The summed E-state index contributed by atoms with van der Waals surface area (Å²) in [6.07, 6.45) is 5.25. The van der Waals surface area contributed by atoms with E-state index in [0.29, 0.717) is 6.42 Å². The SMILES string of the molecule is Cc1nc(CC(=O)N2CCCC[C@@H]2c2cc(C)n3nccc3n2)cs1. The van der Waals surface area contributed by atoms with E-state index in [0.717, 1.165) is 53.5 Å². The van der Waals surface area contributed by atoms with Crippen LogP contribution in [0.2, 0.25) is 0 Å². The van der Waals surface area contributed by atoms with Crippen molar-refractivity contribution in [2.45, 2.75) is 45.6 Å². The average Bonchev–Trinajstić information content (AvgIpc) is 3.24. The molecule has 1 amide bonds. The Morgan fingerprint density at radius 2 is 2.20 bits per heavy atom. The Labute approximate surface area is 150 Å². The van der Waals surface area contributed by atoms with Crippen LogP contribution < -0.4 is 0 Å². The van der Waals surface area contributed by atoms with Crippen molar-refractivity contribution in [3.8, 4) is 0 Å². The minimum absolute atomic E-state index is 0.0413. The van der Waals surface area contributed by atoms with Crippen LogP contribution in [0.1, 0.15) is 47.4 Å². The molecule has 4 rings (SSSR count). The molecule has 1 aliphatic heterocycles. The number of hydrogen-bond donors (Lipinski definition) is 0. The minimum atomic E-state index is 0.0413. The molecule has 0 spiro atoms. The molecule has 3 aromatic rings. The number of thiazole rings is 1. The topological polar surface area (TPSA) is 63.4 Å². The fourth-order valence-electron chi connectivity index (χ4n) is 3.55. The van der Waals surface area contributed by atoms with Crippen molar-refractivity contribution in [2.24, 2.45) is 0 Å². The Balaban J connectivity index is 1.62. The van der Waals surface area contributed by atoms with Crippen molar-refractivity contribution < 1.29 is 4.79 Å². The van der Waals surface area contributed by atoms with E-state index in [1.54, 1.807) is 17.5 Å².